The molecule has 0 aromatic heterocycles. The maximum atomic E-state index is 6.17. The van der Waals surface area contributed by atoms with Crippen molar-refractivity contribution in [3.63, 3.8) is 0 Å². The Morgan fingerprint density at radius 2 is 2.05 bits per heavy atom. The Hall–Kier alpha value is -1.06. The van der Waals surface area contributed by atoms with E-state index >= 15 is 0 Å². The first-order chi connectivity index (χ1) is 9.61. The molecule has 3 heteroatoms. The topological polar surface area (TPSA) is 24.5 Å². The van der Waals surface area contributed by atoms with Crippen LogP contribution in [0.15, 0.2) is 24.3 Å². The van der Waals surface area contributed by atoms with Gasteiger partial charge in [-0.15, -0.1) is 0 Å². The van der Waals surface area contributed by atoms with Crippen LogP contribution in [0.2, 0.25) is 0 Å². The number of para-hydroxylation sites is 1. The van der Waals surface area contributed by atoms with E-state index in [0.717, 1.165) is 25.3 Å². The molecule has 0 aliphatic carbocycles. The first kappa shape index (κ1) is 13.9. The molecule has 1 aromatic rings. The van der Waals surface area contributed by atoms with E-state index in [1.165, 1.54) is 18.5 Å². The Morgan fingerprint density at radius 3 is 2.70 bits per heavy atom. The van der Waals surface area contributed by atoms with Crippen molar-refractivity contribution in [2.45, 2.75) is 51.3 Å². The molecule has 110 valence electrons. The number of nitrogens with one attached hydrogen (secondary N) is 1. The quantitative estimate of drug-likeness (QED) is 0.913. The highest BCUT2D eigenvalue weighted by Crippen LogP contribution is 2.43. The van der Waals surface area contributed by atoms with Gasteiger partial charge in [-0.1, -0.05) is 25.1 Å². The van der Waals surface area contributed by atoms with Crippen molar-refractivity contribution in [1.82, 2.24) is 10.2 Å². The molecular weight excluding hydrogens is 248 g/mol. The predicted molar refractivity (Wildman–Crippen MR) is 82.2 cm³/mol. The van der Waals surface area contributed by atoms with Crippen molar-refractivity contribution in [3.8, 4) is 5.75 Å². The second-order valence-corrected chi connectivity index (χ2v) is 6.67. The average molecular weight is 274 g/mol. The maximum absolute atomic E-state index is 6.17. The molecule has 0 saturated carbocycles. The summed E-state index contributed by atoms with van der Waals surface area (Å²) < 4.78 is 6.17. The second-order valence-electron chi connectivity index (χ2n) is 6.67. The fraction of sp³-hybridized carbons (Fsp3) is 0.647. The Balaban J connectivity index is 1.93. The van der Waals surface area contributed by atoms with Crippen molar-refractivity contribution in [2.75, 3.05) is 19.6 Å². The SMILES string of the molecule is CCCN(C1CNC1)C1CC(C)(C)Oc2ccccc21. The van der Waals surface area contributed by atoms with Crippen LogP contribution in [0.25, 0.3) is 0 Å². The first-order valence-electron chi connectivity index (χ1n) is 7.85. The van der Waals surface area contributed by atoms with E-state index in [1.807, 2.05) is 0 Å². The smallest absolute Gasteiger partial charge is 0.124 e. The lowest BCUT2D eigenvalue weighted by atomic mass is 9.87. The minimum Gasteiger partial charge on any atom is -0.487 e. The van der Waals surface area contributed by atoms with E-state index in [0.29, 0.717) is 12.1 Å². The molecule has 1 N–H and O–H groups in total. The largest absolute Gasteiger partial charge is 0.487 e. The van der Waals surface area contributed by atoms with Gasteiger partial charge >= 0.3 is 0 Å². The molecule has 1 saturated heterocycles. The lowest BCUT2D eigenvalue weighted by Crippen LogP contribution is -2.59. The third-order valence-corrected chi connectivity index (χ3v) is 4.46. The Kier molecular flexibility index (Phi) is 3.74. The van der Waals surface area contributed by atoms with Crippen molar-refractivity contribution in [1.29, 1.82) is 0 Å². The van der Waals surface area contributed by atoms with Gasteiger partial charge in [0.05, 0.1) is 0 Å². The minimum atomic E-state index is -0.0812. The van der Waals surface area contributed by atoms with E-state index in [-0.39, 0.29) is 5.60 Å². The van der Waals surface area contributed by atoms with Gasteiger partial charge in [0.2, 0.25) is 0 Å². The van der Waals surface area contributed by atoms with Crippen LogP contribution in [0.3, 0.4) is 0 Å². The molecule has 0 bridgehead atoms. The summed E-state index contributed by atoms with van der Waals surface area (Å²) >= 11 is 0. The summed E-state index contributed by atoms with van der Waals surface area (Å²) in [6.45, 7) is 10.1. The molecule has 0 spiro atoms. The van der Waals surface area contributed by atoms with E-state index < -0.39 is 0 Å². The van der Waals surface area contributed by atoms with Crippen LogP contribution in [-0.4, -0.2) is 36.2 Å². The van der Waals surface area contributed by atoms with Crippen molar-refractivity contribution in [3.05, 3.63) is 29.8 Å². The fourth-order valence-electron chi connectivity index (χ4n) is 3.42. The molecule has 2 aliphatic heterocycles. The molecule has 2 aliphatic rings. The van der Waals surface area contributed by atoms with Gasteiger partial charge in [-0.05, 0) is 32.9 Å². The molecule has 20 heavy (non-hydrogen) atoms. The van der Waals surface area contributed by atoms with E-state index in [1.54, 1.807) is 0 Å². The summed E-state index contributed by atoms with van der Waals surface area (Å²) in [7, 11) is 0. The number of rotatable bonds is 4. The minimum absolute atomic E-state index is 0.0812. The van der Waals surface area contributed by atoms with Crippen molar-refractivity contribution in [2.24, 2.45) is 0 Å². The lowest BCUT2D eigenvalue weighted by Gasteiger charge is -2.48. The predicted octanol–water partition coefficient (Wildman–Crippen LogP) is 2.97. The van der Waals surface area contributed by atoms with E-state index in [2.05, 4.69) is 55.3 Å². The first-order valence-corrected chi connectivity index (χ1v) is 7.85. The highest BCUT2D eigenvalue weighted by Gasteiger charge is 2.39. The number of fused-ring (bicyclic) bond motifs is 1. The molecule has 1 atom stereocenters. The van der Waals surface area contributed by atoms with Crippen LogP contribution in [0.4, 0.5) is 0 Å². The molecule has 0 amide bonds. The third-order valence-electron chi connectivity index (χ3n) is 4.46. The van der Waals surface area contributed by atoms with Gasteiger partial charge < -0.3 is 10.1 Å². The lowest BCUT2D eigenvalue weighted by molar-refractivity contribution is 0.00433. The van der Waals surface area contributed by atoms with Crippen molar-refractivity contribution < 1.29 is 4.74 Å². The number of ether oxygens (including phenoxy) is 1. The molecule has 0 radical (unpaired) electrons. The van der Waals surface area contributed by atoms with Crippen LogP contribution in [0.5, 0.6) is 5.75 Å². The summed E-state index contributed by atoms with van der Waals surface area (Å²) in [5.74, 6) is 1.07. The summed E-state index contributed by atoms with van der Waals surface area (Å²) in [6.07, 6.45) is 2.27. The van der Waals surface area contributed by atoms with E-state index in [9.17, 15) is 0 Å². The zero-order valence-electron chi connectivity index (χ0n) is 12.9. The van der Waals surface area contributed by atoms with Gasteiger partial charge in [0.1, 0.15) is 11.4 Å². The molecule has 1 unspecified atom stereocenters. The van der Waals surface area contributed by atoms with Crippen LogP contribution < -0.4 is 10.1 Å². The third kappa shape index (κ3) is 2.57. The normalized spacial score (nSPS) is 24.9. The molecule has 2 heterocycles. The van der Waals surface area contributed by atoms with Crippen molar-refractivity contribution >= 4 is 0 Å². The Bertz CT molecular complexity index is 468. The van der Waals surface area contributed by atoms with Crippen LogP contribution in [-0.2, 0) is 0 Å². The summed E-state index contributed by atoms with van der Waals surface area (Å²) in [4.78, 5) is 2.69. The molecular formula is C17H26N2O. The molecule has 1 fully saturated rings. The fourth-order valence-corrected chi connectivity index (χ4v) is 3.42. The number of nitrogens with zero attached hydrogens (tertiary/aromatic N) is 1. The standard InChI is InChI=1S/C17H26N2O/c1-4-9-19(13-11-18-12-13)15-10-17(2,3)20-16-8-6-5-7-14(15)16/h5-8,13,15,18H,4,9-12H2,1-3H3. The summed E-state index contributed by atoms with van der Waals surface area (Å²) in [5.41, 5.74) is 1.29. The summed E-state index contributed by atoms with van der Waals surface area (Å²) in [6, 6.07) is 9.74. The zero-order valence-corrected chi connectivity index (χ0v) is 12.9. The highest BCUT2D eigenvalue weighted by atomic mass is 16.5. The van der Waals surface area contributed by atoms with E-state index in [4.69, 9.17) is 4.74 Å². The maximum Gasteiger partial charge on any atom is 0.124 e. The van der Waals surface area contributed by atoms with Crippen LogP contribution in [0.1, 0.15) is 45.2 Å². The van der Waals surface area contributed by atoms with Crippen LogP contribution >= 0.6 is 0 Å². The molecule has 3 rings (SSSR count). The van der Waals surface area contributed by atoms with Crippen LogP contribution in [0, 0.1) is 0 Å². The van der Waals surface area contributed by atoms with Gasteiger partial charge in [-0.3, -0.25) is 4.90 Å². The number of hydrogen-bond donors (Lipinski definition) is 1. The molecule has 1 aromatic carbocycles. The zero-order chi connectivity index (χ0) is 14.2. The monoisotopic (exact) mass is 274 g/mol. The Morgan fingerprint density at radius 1 is 1.30 bits per heavy atom. The van der Waals surface area contributed by atoms with Gasteiger partial charge in [0, 0.05) is 37.2 Å². The second kappa shape index (κ2) is 5.38. The number of hydrogen-bond acceptors (Lipinski definition) is 3. The van der Waals surface area contributed by atoms with Gasteiger partial charge in [-0.2, -0.15) is 0 Å². The van der Waals surface area contributed by atoms with Gasteiger partial charge in [0.15, 0.2) is 0 Å². The average Bonchev–Trinajstić information content (AvgIpc) is 2.34. The number of benzene rings is 1. The summed E-state index contributed by atoms with van der Waals surface area (Å²) in [5, 5.41) is 3.41. The highest BCUT2D eigenvalue weighted by molar-refractivity contribution is 5.39. The molecule has 3 nitrogen and oxygen atoms in total. The Labute approximate surface area is 122 Å². The van der Waals surface area contributed by atoms with Gasteiger partial charge in [-0.25, -0.2) is 0 Å². The van der Waals surface area contributed by atoms with Gasteiger partial charge in [0.25, 0.3) is 0 Å².